The fraction of sp³-hybridized carbons (Fsp3) is 0.429. The van der Waals surface area contributed by atoms with Crippen molar-refractivity contribution in [1.82, 2.24) is 10.3 Å². The number of thiazole rings is 1. The van der Waals surface area contributed by atoms with E-state index in [0.29, 0.717) is 23.3 Å². The van der Waals surface area contributed by atoms with Gasteiger partial charge < -0.3 is 20.5 Å². The molecule has 2 amide bonds. The number of nitrogens with one attached hydrogen (secondary N) is 2. The van der Waals surface area contributed by atoms with Crippen LogP contribution in [0.1, 0.15) is 66.6 Å². The molecule has 0 spiro atoms. The van der Waals surface area contributed by atoms with Crippen molar-refractivity contribution in [2.24, 2.45) is 0 Å². The number of aliphatic hydroxyl groups excluding tert-OH is 1. The van der Waals surface area contributed by atoms with Crippen LogP contribution in [0.15, 0.2) is 30.3 Å². The quantitative estimate of drug-likeness (QED) is 0.523. The van der Waals surface area contributed by atoms with Crippen LogP contribution >= 0.6 is 11.3 Å². The average Bonchev–Trinajstić information content (AvgIpc) is 3.16. The van der Waals surface area contributed by atoms with E-state index >= 15 is 0 Å². The van der Waals surface area contributed by atoms with E-state index in [9.17, 15) is 19.5 Å². The van der Waals surface area contributed by atoms with Crippen LogP contribution in [0.4, 0.5) is 5.13 Å². The van der Waals surface area contributed by atoms with E-state index in [1.54, 1.807) is 30.3 Å². The third-order valence-electron chi connectivity index (χ3n) is 4.36. The largest absolute Gasteiger partial charge is 0.464 e. The van der Waals surface area contributed by atoms with Crippen LogP contribution in [0.3, 0.4) is 0 Å². The summed E-state index contributed by atoms with van der Waals surface area (Å²) in [7, 11) is 1.27. The van der Waals surface area contributed by atoms with Crippen molar-refractivity contribution < 1.29 is 24.2 Å². The van der Waals surface area contributed by atoms with Gasteiger partial charge in [-0.1, -0.05) is 57.5 Å². The lowest BCUT2D eigenvalue weighted by Gasteiger charge is -2.19. The zero-order chi connectivity index (χ0) is 22.3. The highest BCUT2D eigenvalue weighted by atomic mass is 32.1. The number of hydrogen-bond acceptors (Lipinski definition) is 7. The van der Waals surface area contributed by atoms with Gasteiger partial charge >= 0.3 is 5.97 Å². The summed E-state index contributed by atoms with van der Waals surface area (Å²) in [5.41, 5.74) is 0.609. The molecule has 2 atom stereocenters. The Bertz CT molecular complexity index is 882. The molecule has 2 rings (SSSR count). The number of anilines is 1. The first-order valence-electron chi connectivity index (χ1n) is 9.71. The molecule has 1 heterocycles. The lowest BCUT2D eigenvalue weighted by atomic mass is 10.1. The zero-order valence-electron chi connectivity index (χ0n) is 17.5. The number of amides is 2. The van der Waals surface area contributed by atoms with E-state index in [0.717, 1.165) is 0 Å². The Labute approximate surface area is 179 Å². The number of carbonyl (C=O) groups excluding carboxylic acids is 3. The van der Waals surface area contributed by atoms with Crippen molar-refractivity contribution >= 4 is 34.3 Å². The molecule has 0 aliphatic carbocycles. The zero-order valence-corrected chi connectivity index (χ0v) is 18.3. The molecule has 30 heavy (non-hydrogen) atoms. The molecule has 0 bridgehead atoms. The molecule has 0 aliphatic rings. The van der Waals surface area contributed by atoms with Gasteiger partial charge in [0.05, 0.1) is 7.11 Å². The van der Waals surface area contributed by atoms with Crippen molar-refractivity contribution in [3.8, 4) is 0 Å². The first-order valence-corrected chi connectivity index (χ1v) is 10.5. The van der Waals surface area contributed by atoms with Gasteiger partial charge in [0.1, 0.15) is 6.04 Å². The summed E-state index contributed by atoms with van der Waals surface area (Å²) in [6.07, 6.45) is -0.357. The topological polar surface area (TPSA) is 118 Å². The third kappa shape index (κ3) is 5.87. The van der Waals surface area contributed by atoms with E-state index < -0.39 is 29.9 Å². The molecule has 9 heteroatoms. The number of carbonyl (C=O) groups is 3. The third-order valence-corrected chi connectivity index (χ3v) is 5.63. The molecular weight excluding hydrogens is 406 g/mol. The van der Waals surface area contributed by atoms with E-state index in [1.807, 2.05) is 20.8 Å². The Morgan fingerprint density at radius 1 is 1.17 bits per heavy atom. The minimum Gasteiger partial charge on any atom is -0.464 e. The molecule has 3 N–H and O–H groups in total. The minimum atomic E-state index is -1.38. The summed E-state index contributed by atoms with van der Waals surface area (Å²) < 4.78 is 4.76. The van der Waals surface area contributed by atoms with Crippen LogP contribution in [0.25, 0.3) is 0 Å². The van der Waals surface area contributed by atoms with Crippen molar-refractivity contribution in [2.45, 2.75) is 51.7 Å². The van der Waals surface area contributed by atoms with Crippen LogP contribution in [-0.2, 0) is 14.3 Å². The number of benzene rings is 1. The molecule has 0 unspecified atom stereocenters. The normalized spacial score (nSPS) is 12.9. The summed E-state index contributed by atoms with van der Waals surface area (Å²) in [6, 6.07) is 7.64. The maximum Gasteiger partial charge on any atom is 0.357 e. The number of aromatic nitrogens is 1. The summed E-state index contributed by atoms with van der Waals surface area (Å²) in [6.45, 7) is 5.71. The van der Waals surface area contributed by atoms with Crippen molar-refractivity contribution in [1.29, 1.82) is 0 Å². The molecule has 0 saturated heterocycles. The average molecular weight is 434 g/mol. The van der Waals surface area contributed by atoms with Gasteiger partial charge in [-0.2, -0.15) is 0 Å². The van der Waals surface area contributed by atoms with E-state index in [1.165, 1.54) is 18.4 Å². The highest BCUT2D eigenvalue weighted by molar-refractivity contribution is 7.16. The van der Waals surface area contributed by atoms with E-state index in [4.69, 9.17) is 4.74 Å². The highest BCUT2D eigenvalue weighted by Crippen LogP contribution is 2.30. The molecule has 1 aromatic heterocycles. The molecular formula is C21H27N3O5S. The van der Waals surface area contributed by atoms with E-state index in [2.05, 4.69) is 15.6 Å². The highest BCUT2D eigenvalue weighted by Gasteiger charge is 2.27. The van der Waals surface area contributed by atoms with E-state index in [-0.39, 0.29) is 16.7 Å². The van der Waals surface area contributed by atoms with Crippen LogP contribution in [0, 0.1) is 0 Å². The number of aliphatic hydroxyl groups is 1. The number of rotatable bonds is 9. The summed E-state index contributed by atoms with van der Waals surface area (Å²) >= 11 is 1.19. The monoisotopic (exact) mass is 433 g/mol. The number of hydrogen-bond donors (Lipinski definition) is 3. The van der Waals surface area contributed by atoms with Gasteiger partial charge in [0.25, 0.3) is 5.91 Å². The first kappa shape index (κ1) is 23.5. The summed E-state index contributed by atoms with van der Waals surface area (Å²) in [5, 5.41) is 15.8. The summed E-state index contributed by atoms with van der Waals surface area (Å²) in [4.78, 5) is 42.1. The molecule has 0 fully saturated rings. The van der Waals surface area contributed by atoms with Crippen LogP contribution < -0.4 is 10.6 Å². The first-order chi connectivity index (χ1) is 14.3. The maximum atomic E-state index is 12.8. The second kappa shape index (κ2) is 10.8. The molecule has 1 aromatic carbocycles. The Morgan fingerprint density at radius 3 is 2.40 bits per heavy atom. The fourth-order valence-electron chi connectivity index (χ4n) is 2.81. The van der Waals surface area contributed by atoms with Crippen LogP contribution in [0.2, 0.25) is 0 Å². The van der Waals surface area contributed by atoms with Crippen LogP contribution in [0.5, 0.6) is 0 Å². The van der Waals surface area contributed by atoms with Gasteiger partial charge in [0.15, 0.2) is 16.9 Å². The Morgan fingerprint density at radius 2 is 1.83 bits per heavy atom. The number of ether oxygens (including phenoxy) is 1. The fourth-order valence-corrected chi connectivity index (χ4v) is 3.77. The summed E-state index contributed by atoms with van der Waals surface area (Å²) in [5.74, 6) is -1.67. The molecule has 8 nitrogen and oxygen atoms in total. The Kier molecular flexibility index (Phi) is 8.49. The smallest absolute Gasteiger partial charge is 0.357 e. The molecule has 0 radical (unpaired) electrons. The molecule has 0 aliphatic heterocycles. The van der Waals surface area contributed by atoms with Crippen molar-refractivity contribution in [3.63, 3.8) is 0 Å². The predicted molar refractivity (Wildman–Crippen MR) is 114 cm³/mol. The maximum absolute atomic E-state index is 12.8. The van der Waals surface area contributed by atoms with Gasteiger partial charge in [-0.3, -0.25) is 9.59 Å². The number of esters is 1. The standard InChI is InChI=1S/C21H27N3O5S/c1-5-9-14(22-19(27)16(25)13-10-7-6-8-11-13)18(26)24-21-23-15(20(28)29-4)17(30-21)12(2)3/h6-8,10-12,14,16,25H,5,9H2,1-4H3,(H,22,27)(H,23,24,26)/t14-,16+/m0/s1. The van der Waals surface area contributed by atoms with Gasteiger partial charge in [-0.15, -0.1) is 11.3 Å². The van der Waals surface area contributed by atoms with Gasteiger partial charge in [-0.25, -0.2) is 9.78 Å². The Balaban J connectivity index is 2.14. The SMILES string of the molecule is CCC[C@H](NC(=O)[C@H](O)c1ccccc1)C(=O)Nc1nc(C(=O)OC)c(C(C)C)s1. The van der Waals surface area contributed by atoms with Gasteiger partial charge in [0.2, 0.25) is 5.91 Å². The molecule has 0 saturated carbocycles. The number of methoxy groups -OCH3 is 1. The van der Waals surface area contributed by atoms with Gasteiger partial charge in [-0.05, 0) is 17.9 Å². The molecule has 2 aromatic rings. The van der Waals surface area contributed by atoms with Crippen molar-refractivity contribution in [3.05, 3.63) is 46.5 Å². The van der Waals surface area contributed by atoms with Crippen molar-refractivity contribution in [2.75, 3.05) is 12.4 Å². The predicted octanol–water partition coefficient (Wildman–Crippen LogP) is 3.01. The minimum absolute atomic E-state index is 0.0226. The second-order valence-electron chi connectivity index (χ2n) is 7.03. The lowest BCUT2D eigenvalue weighted by molar-refractivity contribution is -0.133. The molecule has 162 valence electrons. The lowest BCUT2D eigenvalue weighted by Crippen LogP contribution is -2.45. The Hall–Kier alpha value is -2.78. The second-order valence-corrected chi connectivity index (χ2v) is 8.06. The number of nitrogens with zero attached hydrogens (tertiary/aromatic N) is 1. The van der Waals surface area contributed by atoms with Gasteiger partial charge in [0, 0.05) is 4.88 Å². The van der Waals surface area contributed by atoms with Crippen LogP contribution in [-0.4, -0.2) is 41.0 Å².